The van der Waals surface area contributed by atoms with Crippen molar-refractivity contribution < 1.29 is 13.2 Å². The molecular formula is C15H25N3O3S. The highest BCUT2D eigenvalue weighted by Crippen LogP contribution is 2.35. The van der Waals surface area contributed by atoms with E-state index >= 15 is 0 Å². The fraction of sp³-hybridized carbons (Fsp3) is 0.800. The van der Waals surface area contributed by atoms with E-state index in [-0.39, 0.29) is 23.2 Å². The molecule has 1 aromatic rings. The minimum atomic E-state index is -3.29. The topological polar surface area (TPSA) is 75.3 Å². The first-order chi connectivity index (χ1) is 10.4. The van der Waals surface area contributed by atoms with Crippen LogP contribution in [0.2, 0.25) is 0 Å². The molecule has 0 bridgehead atoms. The van der Waals surface area contributed by atoms with E-state index in [1.807, 2.05) is 6.07 Å². The third-order valence-electron chi connectivity index (χ3n) is 5.04. The number of sulfonamides is 1. The fourth-order valence-corrected chi connectivity index (χ4v) is 5.32. The van der Waals surface area contributed by atoms with Crippen LogP contribution in [0.25, 0.3) is 0 Å². The van der Waals surface area contributed by atoms with Gasteiger partial charge in [-0.1, -0.05) is 13.8 Å². The van der Waals surface area contributed by atoms with Crippen molar-refractivity contribution in [3.8, 4) is 0 Å². The average Bonchev–Trinajstić information content (AvgIpc) is 3.10. The molecule has 0 aliphatic carbocycles. The lowest BCUT2D eigenvalue weighted by Crippen LogP contribution is -2.44. The van der Waals surface area contributed by atoms with Crippen LogP contribution in [0, 0.1) is 5.41 Å². The van der Waals surface area contributed by atoms with Crippen LogP contribution in [0.15, 0.2) is 12.3 Å². The monoisotopic (exact) mass is 327 g/mol. The second-order valence-electron chi connectivity index (χ2n) is 7.09. The van der Waals surface area contributed by atoms with Gasteiger partial charge < -0.3 is 4.74 Å². The predicted molar refractivity (Wildman–Crippen MR) is 84.1 cm³/mol. The summed E-state index contributed by atoms with van der Waals surface area (Å²) >= 11 is 0. The lowest BCUT2D eigenvalue weighted by Gasteiger charge is -2.33. The van der Waals surface area contributed by atoms with Gasteiger partial charge in [-0.3, -0.25) is 5.10 Å². The van der Waals surface area contributed by atoms with Crippen LogP contribution in [0.4, 0.5) is 0 Å². The van der Waals surface area contributed by atoms with Crippen molar-refractivity contribution in [3.05, 3.63) is 18.0 Å². The molecule has 2 saturated heterocycles. The van der Waals surface area contributed by atoms with Gasteiger partial charge in [0, 0.05) is 37.5 Å². The SMILES string of the molecule is CC1(C)CCOC1CS(=O)(=O)N1CCCC(c2ccn[nH]2)C1. The van der Waals surface area contributed by atoms with E-state index in [0.717, 1.165) is 25.0 Å². The van der Waals surface area contributed by atoms with Crippen molar-refractivity contribution in [2.45, 2.75) is 45.1 Å². The maximum atomic E-state index is 12.8. The molecular weight excluding hydrogens is 302 g/mol. The molecule has 2 atom stereocenters. The van der Waals surface area contributed by atoms with Crippen LogP contribution in [-0.4, -0.2) is 54.5 Å². The highest BCUT2D eigenvalue weighted by atomic mass is 32.2. The number of nitrogens with one attached hydrogen (secondary N) is 1. The van der Waals surface area contributed by atoms with Crippen LogP contribution < -0.4 is 0 Å². The molecule has 0 spiro atoms. The van der Waals surface area contributed by atoms with Crippen LogP contribution >= 0.6 is 0 Å². The summed E-state index contributed by atoms with van der Waals surface area (Å²) in [6, 6.07) is 1.93. The van der Waals surface area contributed by atoms with E-state index in [0.29, 0.717) is 19.7 Å². The smallest absolute Gasteiger partial charge is 0.216 e. The van der Waals surface area contributed by atoms with Gasteiger partial charge in [0.25, 0.3) is 0 Å². The first-order valence-electron chi connectivity index (χ1n) is 7.97. The average molecular weight is 327 g/mol. The van der Waals surface area contributed by atoms with Crippen molar-refractivity contribution in [1.82, 2.24) is 14.5 Å². The molecule has 0 aromatic carbocycles. The third kappa shape index (κ3) is 3.21. The van der Waals surface area contributed by atoms with Gasteiger partial charge in [0.15, 0.2) is 0 Å². The number of hydrogen-bond acceptors (Lipinski definition) is 4. The Morgan fingerprint density at radius 3 is 2.95 bits per heavy atom. The van der Waals surface area contributed by atoms with E-state index in [9.17, 15) is 8.42 Å². The predicted octanol–water partition coefficient (Wildman–Crippen LogP) is 1.73. The van der Waals surface area contributed by atoms with Crippen molar-refractivity contribution in [3.63, 3.8) is 0 Å². The molecule has 124 valence electrons. The molecule has 2 aliphatic heterocycles. The van der Waals surface area contributed by atoms with Crippen LogP contribution in [-0.2, 0) is 14.8 Å². The zero-order valence-electron chi connectivity index (χ0n) is 13.3. The van der Waals surface area contributed by atoms with E-state index in [2.05, 4.69) is 24.0 Å². The first kappa shape index (κ1) is 16.0. The van der Waals surface area contributed by atoms with E-state index in [1.165, 1.54) is 0 Å². The Hall–Kier alpha value is -0.920. The van der Waals surface area contributed by atoms with Gasteiger partial charge >= 0.3 is 0 Å². The zero-order chi connectivity index (χ0) is 15.8. The Balaban J connectivity index is 1.69. The van der Waals surface area contributed by atoms with Crippen LogP contribution in [0.5, 0.6) is 0 Å². The van der Waals surface area contributed by atoms with Gasteiger partial charge in [-0.2, -0.15) is 5.10 Å². The second-order valence-corrected chi connectivity index (χ2v) is 9.10. The molecule has 7 heteroatoms. The molecule has 3 heterocycles. The molecule has 1 aromatic heterocycles. The van der Waals surface area contributed by atoms with Crippen LogP contribution in [0.3, 0.4) is 0 Å². The number of piperidine rings is 1. The largest absolute Gasteiger partial charge is 0.377 e. The van der Waals surface area contributed by atoms with Crippen molar-refractivity contribution >= 4 is 10.0 Å². The van der Waals surface area contributed by atoms with Gasteiger partial charge in [0.05, 0.1) is 11.9 Å². The second kappa shape index (κ2) is 5.94. The maximum absolute atomic E-state index is 12.8. The summed E-state index contributed by atoms with van der Waals surface area (Å²) < 4.78 is 32.8. The minimum absolute atomic E-state index is 0.0639. The van der Waals surface area contributed by atoms with Crippen molar-refractivity contribution in [2.75, 3.05) is 25.4 Å². The van der Waals surface area contributed by atoms with Gasteiger partial charge in [0.1, 0.15) is 0 Å². The summed E-state index contributed by atoms with van der Waals surface area (Å²) in [6.45, 7) is 5.98. The first-order valence-corrected chi connectivity index (χ1v) is 9.58. The number of H-pyrrole nitrogens is 1. The van der Waals surface area contributed by atoms with Gasteiger partial charge in [-0.15, -0.1) is 0 Å². The number of aromatic amines is 1. The number of nitrogens with zero attached hydrogens (tertiary/aromatic N) is 2. The fourth-order valence-electron chi connectivity index (χ4n) is 3.36. The highest BCUT2D eigenvalue weighted by Gasteiger charge is 2.41. The molecule has 22 heavy (non-hydrogen) atoms. The molecule has 0 amide bonds. The summed E-state index contributed by atoms with van der Waals surface area (Å²) in [6.07, 6.45) is 4.32. The normalized spacial score (nSPS) is 29.7. The Kier molecular flexibility index (Phi) is 4.31. The van der Waals surface area contributed by atoms with Gasteiger partial charge in [-0.05, 0) is 30.7 Å². The van der Waals surface area contributed by atoms with Gasteiger partial charge in [-0.25, -0.2) is 12.7 Å². The Morgan fingerprint density at radius 2 is 2.32 bits per heavy atom. The molecule has 1 N–H and O–H groups in total. The molecule has 0 saturated carbocycles. The van der Waals surface area contributed by atoms with Gasteiger partial charge in [0.2, 0.25) is 10.0 Å². The quantitative estimate of drug-likeness (QED) is 0.914. The van der Waals surface area contributed by atoms with Crippen molar-refractivity contribution in [1.29, 1.82) is 0 Å². The zero-order valence-corrected chi connectivity index (χ0v) is 14.1. The highest BCUT2D eigenvalue weighted by molar-refractivity contribution is 7.89. The van der Waals surface area contributed by atoms with E-state index in [4.69, 9.17) is 4.74 Å². The summed E-state index contributed by atoms with van der Waals surface area (Å²) in [5.41, 5.74) is 0.961. The minimum Gasteiger partial charge on any atom is -0.377 e. The Morgan fingerprint density at radius 1 is 1.50 bits per heavy atom. The summed E-state index contributed by atoms with van der Waals surface area (Å²) in [5.74, 6) is 0.305. The lowest BCUT2D eigenvalue weighted by molar-refractivity contribution is 0.0809. The third-order valence-corrected chi connectivity index (χ3v) is 6.88. The molecule has 2 aliphatic rings. The summed E-state index contributed by atoms with van der Waals surface area (Å²) in [7, 11) is -3.29. The Labute approximate surface area is 132 Å². The summed E-state index contributed by atoms with van der Waals surface area (Å²) in [4.78, 5) is 0. The molecule has 2 fully saturated rings. The van der Waals surface area contributed by atoms with E-state index < -0.39 is 10.0 Å². The van der Waals surface area contributed by atoms with Crippen molar-refractivity contribution in [2.24, 2.45) is 5.41 Å². The number of rotatable bonds is 4. The number of hydrogen-bond donors (Lipinski definition) is 1. The van der Waals surface area contributed by atoms with Crippen LogP contribution in [0.1, 0.15) is 44.7 Å². The van der Waals surface area contributed by atoms with E-state index in [1.54, 1.807) is 10.5 Å². The number of ether oxygens (including phenoxy) is 1. The number of aromatic nitrogens is 2. The lowest BCUT2D eigenvalue weighted by atomic mass is 9.87. The Bertz CT molecular complexity index is 598. The summed E-state index contributed by atoms with van der Waals surface area (Å²) in [5, 5.41) is 6.94. The molecule has 3 rings (SSSR count). The standard InChI is InChI=1S/C15H25N3O3S/c1-15(2)6-9-21-14(15)11-22(19,20)18-8-3-4-12(10-18)13-5-7-16-17-13/h5,7,12,14H,3-4,6,8-11H2,1-2H3,(H,16,17). The molecule has 6 nitrogen and oxygen atoms in total. The molecule has 0 radical (unpaired) electrons. The maximum Gasteiger partial charge on any atom is 0.216 e. The molecule has 2 unspecified atom stereocenters.